The largest absolute Gasteiger partial charge is 0.396 e. The molecule has 0 amide bonds. The predicted molar refractivity (Wildman–Crippen MR) is 58.1 cm³/mol. The Morgan fingerprint density at radius 1 is 1.07 bits per heavy atom. The average molecular weight is 195 g/mol. The standard InChI is InChI=1S/C12H21NO/c14-10-12-6-2-1-5-11(12)9-13-7-3-4-8-13/h3-4,11-12,14H,1-2,5-10H2. The summed E-state index contributed by atoms with van der Waals surface area (Å²) in [6, 6.07) is 0. The smallest absolute Gasteiger partial charge is 0.0462 e. The van der Waals surface area contributed by atoms with Crippen LogP contribution in [-0.4, -0.2) is 36.2 Å². The molecule has 1 aliphatic carbocycles. The molecule has 0 spiro atoms. The third-order valence-corrected chi connectivity index (χ3v) is 3.69. The molecule has 0 bridgehead atoms. The van der Waals surface area contributed by atoms with E-state index in [9.17, 15) is 5.11 Å². The zero-order valence-corrected chi connectivity index (χ0v) is 8.86. The molecule has 1 saturated carbocycles. The van der Waals surface area contributed by atoms with Gasteiger partial charge in [0.1, 0.15) is 0 Å². The molecule has 14 heavy (non-hydrogen) atoms. The highest BCUT2D eigenvalue weighted by molar-refractivity contribution is 4.96. The molecule has 1 fully saturated rings. The van der Waals surface area contributed by atoms with Crippen molar-refractivity contribution in [2.45, 2.75) is 25.7 Å². The number of hydrogen-bond acceptors (Lipinski definition) is 2. The summed E-state index contributed by atoms with van der Waals surface area (Å²) >= 11 is 0. The number of aliphatic hydroxyl groups is 1. The summed E-state index contributed by atoms with van der Waals surface area (Å²) in [5.41, 5.74) is 0. The number of aliphatic hydroxyl groups excluding tert-OH is 1. The van der Waals surface area contributed by atoms with Crippen molar-refractivity contribution in [3.8, 4) is 0 Å². The summed E-state index contributed by atoms with van der Waals surface area (Å²) in [6.45, 7) is 3.83. The van der Waals surface area contributed by atoms with Crippen LogP contribution in [0.5, 0.6) is 0 Å². The van der Waals surface area contributed by atoms with Crippen molar-refractivity contribution in [2.75, 3.05) is 26.2 Å². The van der Waals surface area contributed by atoms with Gasteiger partial charge in [-0.1, -0.05) is 25.0 Å². The summed E-state index contributed by atoms with van der Waals surface area (Å²) in [6.07, 6.45) is 9.74. The minimum absolute atomic E-state index is 0.395. The van der Waals surface area contributed by atoms with Crippen LogP contribution in [0.3, 0.4) is 0 Å². The molecule has 0 saturated heterocycles. The van der Waals surface area contributed by atoms with E-state index in [0.717, 1.165) is 19.0 Å². The van der Waals surface area contributed by atoms with E-state index in [4.69, 9.17) is 0 Å². The van der Waals surface area contributed by atoms with Gasteiger partial charge in [-0.15, -0.1) is 0 Å². The highest BCUT2D eigenvalue weighted by Gasteiger charge is 2.26. The monoisotopic (exact) mass is 195 g/mol. The molecule has 2 aliphatic rings. The maximum atomic E-state index is 9.30. The molecule has 0 aromatic carbocycles. The molecular formula is C12H21NO. The lowest BCUT2D eigenvalue weighted by molar-refractivity contribution is 0.109. The van der Waals surface area contributed by atoms with Gasteiger partial charge in [-0.3, -0.25) is 4.90 Å². The second-order valence-corrected chi connectivity index (χ2v) is 4.68. The van der Waals surface area contributed by atoms with Crippen LogP contribution in [0.4, 0.5) is 0 Å². The Kier molecular flexibility index (Phi) is 3.60. The summed E-state index contributed by atoms with van der Waals surface area (Å²) in [5, 5.41) is 9.30. The van der Waals surface area contributed by atoms with Crippen LogP contribution in [-0.2, 0) is 0 Å². The molecule has 2 rings (SSSR count). The van der Waals surface area contributed by atoms with Crippen molar-refractivity contribution in [1.82, 2.24) is 4.90 Å². The highest BCUT2D eigenvalue weighted by Crippen LogP contribution is 2.30. The lowest BCUT2D eigenvalue weighted by atomic mass is 9.79. The Morgan fingerprint density at radius 3 is 2.36 bits per heavy atom. The fourth-order valence-corrected chi connectivity index (χ4v) is 2.77. The van der Waals surface area contributed by atoms with Gasteiger partial charge in [0.25, 0.3) is 0 Å². The quantitative estimate of drug-likeness (QED) is 0.692. The van der Waals surface area contributed by atoms with Crippen LogP contribution in [0.15, 0.2) is 12.2 Å². The molecular weight excluding hydrogens is 174 g/mol. The lowest BCUT2D eigenvalue weighted by Crippen LogP contribution is -2.34. The molecule has 0 aromatic rings. The summed E-state index contributed by atoms with van der Waals surface area (Å²) in [5.74, 6) is 1.32. The third-order valence-electron chi connectivity index (χ3n) is 3.69. The molecule has 1 aliphatic heterocycles. The van der Waals surface area contributed by atoms with Gasteiger partial charge in [0.15, 0.2) is 0 Å². The van der Waals surface area contributed by atoms with E-state index in [-0.39, 0.29) is 0 Å². The minimum atomic E-state index is 0.395. The second-order valence-electron chi connectivity index (χ2n) is 4.68. The topological polar surface area (TPSA) is 23.5 Å². The Labute approximate surface area is 86.6 Å². The highest BCUT2D eigenvalue weighted by atomic mass is 16.3. The number of nitrogens with zero attached hydrogens (tertiary/aromatic N) is 1. The van der Waals surface area contributed by atoms with Crippen molar-refractivity contribution < 1.29 is 5.11 Å². The van der Waals surface area contributed by atoms with Gasteiger partial charge in [-0.25, -0.2) is 0 Å². The van der Waals surface area contributed by atoms with Crippen molar-refractivity contribution in [1.29, 1.82) is 0 Å². The van der Waals surface area contributed by atoms with Crippen LogP contribution in [0.1, 0.15) is 25.7 Å². The normalized spacial score (nSPS) is 33.8. The fourth-order valence-electron chi connectivity index (χ4n) is 2.77. The molecule has 2 heteroatoms. The minimum Gasteiger partial charge on any atom is -0.396 e. The maximum Gasteiger partial charge on any atom is 0.0462 e. The lowest BCUT2D eigenvalue weighted by Gasteiger charge is -2.33. The SMILES string of the molecule is OCC1CCCCC1CN1CC=CC1. The van der Waals surface area contributed by atoms with Gasteiger partial charge in [0, 0.05) is 26.2 Å². The van der Waals surface area contributed by atoms with Crippen LogP contribution in [0, 0.1) is 11.8 Å². The second kappa shape index (κ2) is 4.94. The first kappa shape index (κ1) is 10.2. The van der Waals surface area contributed by atoms with Crippen LogP contribution in [0.25, 0.3) is 0 Å². The molecule has 2 unspecified atom stereocenters. The predicted octanol–water partition coefficient (Wildman–Crippen LogP) is 1.66. The Morgan fingerprint density at radius 2 is 1.71 bits per heavy atom. The molecule has 2 nitrogen and oxygen atoms in total. The fraction of sp³-hybridized carbons (Fsp3) is 0.833. The van der Waals surface area contributed by atoms with E-state index in [2.05, 4.69) is 17.1 Å². The van der Waals surface area contributed by atoms with E-state index in [1.807, 2.05) is 0 Å². The van der Waals surface area contributed by atoms with Crippen LogP contribution >= 0.6 is 0 Å². The van der Waals surface area contributed by atoms with E-state index in [1.165, 1.54) is 32.2 Å². The molecule has 1 N–H and O–H groups in total. The van der Waals surface area contributed by atoms with E-state index >= 15 is 0 Å². The van der Waals surface area contributed by atoms with E-state index in [1.54, 1.807) is 0 Å². The summed E-state index contributed by atoms with van der Waals surface area (Å²) in [7, 11) is 0. The summed E-state index contributed by atoms with van der Waals surface area (Å²) < 4.78 is 0. The first-order valence-electron chi connectivity index (χ1n) is 5.88. The van der Waals surface area contributed by atoms with Gasteiger partial charge in [-0.05, 0) is 24.7 Å². The van der Waals surface area contributed by atoms with Gasteiger partial charge in [0.05, 0.1) is 0 Å². The first-order chi connectivity index (χ1) is 6.90. The average Bonchev–Trinajstić information content (AvgIpc) is 2.71. The molecule has 1 heterocycles. The van der Waals surface area contributed by atoms with Crippen LogP contribution < -0.4 is 0 Å². The van der Waals surface area contributed by atoms with E-state index < -0.39 is 0 Å². The van der Waals surface area contributed by atoms with Gasteiger partial charge >= 0.3 is 0 Å². The summed E-state index contributed by atoms with van der Waals surface area (Å²) in [4.78, 5) is 2.48. The first-order valence-corrected chi connectivity index (χ1v) is 5.88. The van der Waals surface area contributed by atoms with Gasteiger partial charge < -0.3 is 5.11 Å². The number of rotatable bonds is 3. The Bertz CT molecular complexity index is 194. The zero-order valence-electron chi connectivity index (χ0n) is 8.86. The molecule has 2 atom stereocenters. The Hall–Kier alpha value is -0.340. The van der Waals surface area contributed by atoms with Gasteiger partial charge in [0.2, 0.25) is 0 Å². The van der Waals surface area contributed by atoms with Gasteiger partial charge in [-0.2, -0.15) is 0 Å². The zero-order chi connectivity index (χ0) is 9.80. The van der Waals surface area contributed by atoms with Crippen LogP contribution in [0.2, 0.25) is 0 Å². The van der Waals surface area contributed by atoms with Crippen molar-refractivity contribution in [3.05, 3.63) is 12.2 Å². The third kappa shape index (κ3) is 2.37. The number of hydrogen-bond donors (Lipinski definition) is 1. The van der Waals surface area contributed by atoms with Crippen molar-refractivity contribution >= 4 is 0 Å². The van der Waals surface area contributed by atoms with Crippen molar-refractivity contribution in [2.24, 2.45) is 11.8 Å². The Balaban J connectivity index is 1.81. The molecule has 80 valence electrons. The van der Waals surface area contributed by atoms with Crippen molar-refractivity contribution in [3.63, 3.8) is 0 Å². The molecule has 0 aromatic heterocycles. The maximum absolute atomic E-state index is 9.30. The van der Waals surface area contributed by atoms with E-state index in [0.29, 0.717) is 12.5 Å². The molecule has 0 radical (unpaired) electrons.